The van der Waals surface area contributed by atoms with Gasteiger partial charge in [-0.2, -0.15) is 0 Å². The van der Waals surface area contributed by atoms with E-state index in [2.05, 4.69) is 41.0 Å². The maximum absolute atomic E-state index is 12.4. The lowest BCUT2D eigenvalue weighted by atomic mass is 9.78. The van der Waals surface area contributed by atoms with Crippen LogP contribution in [0.1, 0.15) is 38.2 Å². The van der Waals surface area contributed by atoms with Crippen molar-refractivity contribution in [3.8, 4) is 0 Å². The molecular formula is C21H26N2O. The van der Waals surface area contributed by atoms with Gasteiger partial charge in [0.05, 0.1) is 6.04 Å². The number of benzene rings is 2. The Bertz CT molecular complexity index is 648. The molecule has 1 amide bonds. The van der Waals surface area contributed by atoms with Crippen LogP contribution in [0.2, 0.25) is 0 Å². The van der Waals surface area contributed by atoms with E-state index in [0.29, 0.717) is 0 Å². The number of carbonyl (C=O) groups is 1. The molecule has 1 aliphatic rings. The SMILES string of the molecule is CC(NCC1(c2ccccc2)CCCC1)C(=O)Nc1ccccc1. The second-order valence-corrected chi connectivity index (χ2v) is 6.81. The second-order valence-electron chi connectivity index (χ2n) is 6.81. The topological polar surface area (TPSA) is 41.1 Å². The zero-order valence-electron chi connectivity index (χ0n) is 14.3. The molecule has 126 valence electrons. The fourth-order valence-corrected chi connectivity index (χ4v) is 3.62. The zero-order chi connectivity index (χ0) is 16.8. The number of amides is 1. The average Bonchev–Trinajstić information content (AvgIpc) is 3.11. The quantitative estimate of drug-likeness (QED) is 0.840. The molecule has 1 unspecified atom stereocenters. The van der Waals surface area contributed by atoms with Crippen LogP contribution in [0.25, 0.3) is 0 Å². The zero-order valence-corrected chi connectivity index (χ0v) is 14.3. The van der Waals surface area contributed by atoms with E-state index >= 15 is 0 Å². The summed E-state index contributed by atoms with van der Waals surface area (Å²) in [6.45, 7) is 2.78. The molecule has 1 saturated carbocycles. The highest BCUT2D eigenvalue weighted by molar-refractivity contribution is 5.94. The minimum absolute atomic E-state index is 0.0161. The molecule has 1 fully saturated rings. The Morgan fingerprint density at radius 3 is 2.21 bits per heavy atom. The lowest BCUT2D eigenvalue weighted by Gasteiger charge is -2.31. The highest BCUT2D eigenvalue weighted by atomic mass is 16.2. The molecule has 2 aromatic rings. The van der Waals surface area contributed by atoms with Gasteiger partial charge >= 0.3 is 0 Å². The maximum atomic E-state index is 12.4. The normalized spacial score (nSPS) is 17.4. The van der Waals surface area contributed by atoms with Gasteiger partial charge in [0.1, 0.15) is 0 Å². The van der Waals surface area contributed by atoms with Crippen molar-refractivity contribution in [3.63, 3.8) is 0 Å². The summed E-state index contributed by atoms with van der Waals surface area (Å²) in [5.41, 5.74) is 2.41. The lowest BCUT2D eigenvalue weighted by Crippen LogP contribution is -2.45. The molecule has 3 heteroatoms. The van der Waals surface area contributed by atoms with Crippen LogP contribution in [-0.4, -0.2) is 18.5 Å². The number of nitrogens with one attached hydrogen (secondary N) is 2. The van der Waals surface area contributed by atoms with Gasteiger partial charge in [-0.05, 0) is 37.5 Å². The van der Waals surface area contributed by atoms with Crippen molar-refractivity contribution in [2.75, 3.05) is 11.9 Å². The first-order valence-electron chi connectivity index (χ1n) is 8.84. The van der Waals surface area contributed by atoms with Crippen LogP contribution < -0.4 is 10.6 Å². The molecule has 24 heavy (non-hydrogen) atoms. The number of anilines is 1. The van der Waals surface area contributed by atoms with Crippen LogP contribution in [0.5, 0.6) is 0 Å². The van der Waals surface area contributed by atoms with Crippen LogP contribution in [0.4, 0.5) is 5.69 Å². The van der Waals surface area contributed by atoms with Gasteiger partial charge in [0.15, 0.2) is 0 Å². The Morgan fingerprint density at radius 2 is 1.58 bits per heavy atom. The molecule has 0 bridgehead atoms. The average molecular weight is 322 g/mol. The highest BCUT2D eigenvalue weighted by Crippen LogP contribution is 2.40. The Hall–Kier alpha value is -2.13. The maximum Gasteiger partial charge on any atom is 0.241 e. The van der Waals surface area contributed by atoms with E-state index in [4.69, 9.17) is 0 Å². The standard InChI is InChI=1S/C21H26N2O/c1-17(20(24)23-19-12-6-3-7-13-19)22-16-21(14-8-9-15-21)18-10-4-2-5-11-18/h2-7,10-13,17,22H,8-9,14-16H2,1H3,(H,23,24). The van der Waals surface area contributed by atoms with Crippen molar-refractivity contribution in [1.82, 2.24) is 5.32 Å². The summed E-state index contributed by atoms with van der Waals surface area (Å²) >= 11 is 0. The van der Waals surface area contributed by atoms with Gasteiger partial charge in [-0.25, -0.2) is 0 Å². The molecule has 1 aliphatic carbocycles. The van der Waals surface area contributed by atoms with E-state index in [-0.39, 0.29) is 17.4 Å². The predicted molar refractivity (Wildman–Crippen MR) is 99.1 cm³/mol. The van der Waals surface area contributed by atoms with E-state index < -0.39 is 0 Å². The summed E-state index contributed by atoms with van der Waals surface area (Å²) in [7, 11) is 0. The smallest absolute Gasteiger partial charge is 0.241 e. The molecular weight excluding hydrogens is 296 g/mol. The van der Waals surface area contributed by atoms with E-state index in [9.17, 15) is 4.79 Å². The minimum Gasteiger partial charge on any atom is -0.325 e. The largest absolute Gasteiger partial charge is 0.325 e. The molecule has 3 rings (SSSR count). The first-order valence-corrected chi connectivity index (χ1v) is 8.84. The van der Waals surface area contributed by atoms with Gasteiger partial charge in [-0.15, -0.1) is 0 Å². The third-order valence-electron chi connectivity index (χ3n) is 5.13. The number of para-hydroxylation sites is 1. The molecule has 0 aliphatic heterocycles. The van der Waals surface area contributed by atoms with Crippen molar-refractivity contribution in [2.24, 2.45) is 0 Å². The van der Waals surface area contributed by atoms with Crippen LogP contribution in [-0.2, 0) is 10.2 Å². The van der Waals surface area contributed by atoms with Crippen LogP contribution in [0.15, 0.2) is 60.7 Å². The van der Waals surface area contributed by atoms with Crippen molar-refractivity contribution < 1.29 is 4.79 Å². The summed E-state index contributed by atoms with van der Waals surface area (Å²) in [6, 6.07) is 20.1. The monoisotopic (exact) mass is 322 g/mol. The van der Waals surface area contributed by atoms with E-state index in [1.807, 2.05) is 37.3 Å². The van der Waals surface area contributed by atoms with Gasteiger partial charge in [-0.3, -0.25) is 4.79 Å². The van der Waals surface area contributed by atoms with Crippen molar-refractivity contribution in [2.45, 2.75) is 44.1 Å². The predicted octanol–water partition coefficient (Wildman–Crippen LogP) is 4.12. The Labute approximate surface area is 144 Å². The first-order chi connectivity index (χ1) is 11.7. The molecule has 2 N–H and O–H groups in total. The molecule has 0 saturated heterocycles. The van der Waals surface area contributed by atoms with Crippen molar-refractivity contribution >= 4 is 11.6 Å². The van der Waals surface area contributed by atoms with E-state index in [1.165, 1.54) is 31.2 Å². The first kappa shape index (κ1) is 16.7. The number of hydrogen-bond donors (Lipinski definition) is 2. The van der Waals surface area contributed by atoms with E-state index in [0.717, 1.165) is 12.2 Å². The number of carbonyl (C=O) groups excluding carboxylic acids is 1. The van der Waals surface area contributed by atoms with E-state index in [1.54, 1.807) is 0 Å². The Kier molecular flexibility index (Phi) is 5.31. The fraction of sp³-hybridized carbons (Fsp3) is 0.381. The van der Waals surface area contributed by atoms with Crippen LogP contribution in [0, 0.1) is 0 Å². The number of rotatable bonds is 6. The van der Waals surface area contributed by atoms with Gasteiger partial charge in [0.25, 0.3) is 0 Å². The van der Waals surface area contributed by atoms with Gasteiger partial charge in [0.2, 0.25) is 5.91 Å². The summed E-state index contributed by atoms with van der Waals surface area (Å²) in [4.78, 5) is 12.4. The third kappa shape index (κ3) is 3.85. The van der Waals surface area contributed by atoms with Crippen molar-refractivity contribution in [3.05, 3.63) is 66.2 Å². The summed E-state index contributed by atoms with van der Waals surface area (Å²) < 4.78 is 0. The summed E-state index contributed by atoms with van der Waals surface area (Å²) in [5.74, 6) is 0.0161. The Balaban J connectivity index is 1.61. The number of hydrogen-bond acceptors (Lipinski definition) is 2. The molecule has 0 heterocycles. The van der Waals surface area contributed by atoms with Crippen LogP contribution >= 0.6 is 0 Å². The van der Waals surface area contributed by atoms with Gasteiger partial charge < -0.3 is 10.6 Å². The molecule has 0 aromatic heterocycles. The summed E-state index contributed by atoms with van der Waals surface area (Å²) in [6.07, 6.45) is 4.91. The molecule has 1 atom stereocenters. The minimum atomic E-state index is -0.216. The summed E-state index contributed by atoms with van der Waals surface area (Å²) in [5, 5.41) is 6.44. The lowest BCUT2D eigenvalue weighted by molar-refractivity contribution is -0.117. The van der Waals surface area contributed by atoms with Gasteiger partial charge in [0, 0.05) is 17.6 Å². The third-order valence-corrected chi connectivity index (χ3v) is 5.13. The highest BCUT2D eigenvalue weighted by Gasteiger charge is 2.35. The fourth-order valence-electron chi connectivity index (χ4n) is 3.62. The molecule has 0 radical (unpaired) electrons. The van der Waals surface area contributed by atoms with Gasteiger partial charge in [-0.1, -0.05) is 61.4 Å². The van der Waals surface area contributed by atoms with Crippen molar-refractivity contribution in [1.29, 1.82) is 0 Å². The molecule has 0 spiro atoms. The molecule has 3 nitrogen and oxygen atoms in total. The molecule has 2 aromatic carbocycles. The van der Waals surface area contributed by atoms with Crippen LogP contribution in [0.3, 0.4) is 0 Å². The second kappa shape index (κ2) is 7.63. The Morgan fingerprint density at radius 1 is 1.00 bits per heavy atom.